The number of carboxylic acids is 1. The molecular formula is C12H25NO3. The van der Waals surface area contributed by atoms with Gasteiger partial charge in [-0.3, -0.25) is 9.69 Å². The van der Waals surface area contributed by atoms with Crippen molar-refractivity contribution in [3.63, 3.8) is 0 Å². The molecule has 0 radical (unpaired) electrons. The Morgan fingerprint density at radius 2 is 2.06 bits per heavy atom. The molecule has 0 saturated heterocycles. The summed E-state index contributed by atoms with van der Waals surface area (Å²) in [6.07, 6.45) is 1.01. The van der Waals surface area contributed by atoms with Gasteiger partial charge in [0.2, 0.25) is 0 Å². The number of ether oxygens (including phenoxy) is 1. The molecule has 0 aromatic heterocycles. The van der Waals surface area contributed by atoms with Crippen molar-refractivity contribution in [2.75, 3.05) is 26.8 Å². The third-order valence-corrected chi connectivity index (χ3v) is 2.97. The Hall–Kier alpha value is -0.610. The second kappa shape index (κ2) is 6.86. The molecular weight excluding hydrogens is 206 g/mol. The van der Waals surface area contributed by atoms with Crippen LogP contribution in [0.2, 0.25) is 0 Å². The number of nitrogens with zero attached hydrogens (tertiary/aromatic N) is 1. The van der Waals surface area contributed by atoms with Crippen LogP contribution in [0, 0.1) is 5.41 Å². The molecule has 4 nitrogen and oxygen atoms in total. The van der Waals surface area contributed by atoms with Gasteiger partial charge in [-0.1, -0.05) is 6.92 Å². The molecule has 0 aromatic carbocycles. The fourth-order valence-electron chi connectivity index (χ4n) is 1.50. The highest BCUT2D eigenvalue weighted by Crippen LogP contribution is 2.19. The maximum Gasteiger partial charge on any atom is 0.310 e. The molecule has 0 aliphatic rings. The van der Waals surface area contributed by atoms with Crippen molar-refractivity contribution in [2.45, 2.75) is 40.2 Å². The van der Waals surface area contributed by atoms with Crippen LogP contribution in [0.25, 0.3) is 0 Å². The van der Waals surface area contributed by atoms with Crippen LogP contribution in [0.15, 0.2) is 0 Å². The number of aliphatic carboxylic acids is 1. The van der Waals surface area contributed by atoms with Gasteiger partial charge in [0.05, 0.1) is 12.0 Å². The van der Waals surface area contributed by atoms with Crippen molar-refractivity contribution in [2.24, 2.45) is 5.41 Å². The van der Waals surface area contributed by atoms with E-state index < -0.39 is 11.4 Å². The summed E-state index contributed by atoms with van der Waals surface area (Å²) < 4.78 is 5.05. The Labute approximate surface area is 98.6 Å². The van der Waals surface area contributed by atoms with Gasteiger partial charge in [0, 0.05) is 26.2 Å². The molecule has 96 valence electrons. The number of hydrogen-bond donors (Lipinski definition) is 1. The van der Waals surface area contributed by atoms with E-state index in [2.05, 4.69) is 18.7 Å². The van der Waals surface area contributed by atoms with Crippen LogP contribution in [-0.4, -0.2) is 48.8 Å². The lowest BCUT2D eigenvalue weighted by atomic mass is 9.92. The van der Waals surface area contributed by atoms with Gasteiger partial charge in [0.15, 0.2) is 0 Å². The van der Waals surface area contributed by atoms with Crippen LogP contribution in [0.4, 0.5) is 0 Å². The number of carbonyl (C=O) groups is 1. The van der Waals surface area contributed by atoms with Crippen LogP contribution in [0.5, 0.6) is 0 Å². The summed E-state index contributed by atoms with van der Waals surface area (Å²) in [5, 5.41) is 9.11. The van der Waals surface area contributed by atoms with Gasteiger partial charge in [-0.2, -0.15) is 0 Å². The summed E-state index contributed by atoms with van der Waals surface area (Å²) in [5.41, 5.74) is -0.711. The van der Waals surface area contributed by atoms with E-state index in [-0.39, 0.29) is 0 Å². The average Bonchev–Trinajstić information content (AvgIpc) is 2.22. The Bertz CT molecular complexity index is 216. The van der Waals surface area contributed by atoms with E-state index in [1.165, 1.54) is 0 Å². The number of carboxylic acid groups (broad SMARTS) is 1. The van der Waals surface area contributed by atoms with E-state index in [0.29, 0.717) is 19.2 Å². The highest BCUT2D eigenvalue weighted by molar-refractivity contribution is 5.73. The van der Waals surface area contributed by atoms with E-state index in [0.717, 1.165) is 13.0 Å². The van der Waals surface area contributed by atoms with Gasteiger partial charge in [0.25, 0.3) is 0 Å². The predicted octanol–water partition coefficient (Wildman–Crippen LogP) is 1.84. The fourth-order valence-corrected chi connectivity index (χ4v) is 1.50. The smallest absolute Gasteiger partial charge is 0.310 e. The SMILES string of the molecule is CCC(C)N(CCOC)CC(C)(C)C(=O)O. The van der Waals surface area contributed by atoms with Crippen LogP contribution in [-0.2, 0) is 9.53 Å². The average molecular weight is 231 g/mol. The molecule has 0 bridgehead atoms. The quantitative estimate of drug-likeness (QED) is 0.692. The molecule has 0 fully saturated rings. The topological polar surface area (TPSA) is 49.8 Å². The molecule has 0 aliphatic carbocycles. The molecule has 0 heterocycles. The van der Waals surface area contributed by atoms with Gasteiger partial charge in [-0.15, -0.1) is 0 Å². The Morgan fingerprint density at radius 3 is 2.44 bits per heavy atom. The van der Waals surface area contributed by atoms with Gasteiger partial charge in [-0.25, -0.2) is 0 Å². The molecule has 4 heteroatoms. The highest BCUT2D eigenvalue weighted by atomic mass is 16.5. The normalized spacial score (nSPS) is 14.1. The van der Waals surface area contributed by atoms with Crippen molar-refractivity contribution in [1.82, 2.24) is 4.90 Å². The number of methoxy groups -OCH3 is 1. The summed E-state index contributed by atoms with van der Waals surface area (Å²) >= 11 is 0. The minimum atomic E-state index is -0.752. The summed E-state index contributed by atoms with van der Waals surface area (Å²) in [4.78, 5) is 13.3. The van der Waals surface area contributed by atoms with E-state index >= 15 is 0 Å². The van der Waals surface area contributed by atoms with Crippen molar-refractivity contribution in [3.8, 4) is 0 Å². The lowest BCUT2D eigenvalue weighted by Crippen LogP contribution is -2.44. The van der Waals surface area contributed by atoms with Crippen LogP contribution in [0.1, 0.15) is 34.1 Å². The number of rotatable bonds is 8. The van der Waals surface area contributed by atoms with E-state index in [1.807, 2.05) is 0 Å². The van der Waals surface area contributed by atoms with Crippen molar-refractivity contribution < 1.29 is 14.6 Å². The molecule has 16 heavy (non-hydrogen) atoms. The van der Waals surface area contributed by atoms with Crippen molar-refractivity contribution in [1.29, 1.82) is 0 Å². The molecule has 1 N–H and O–H groups in total. The molecule has 1 unspecified atom stereocenters. The molecule has 0 amide bonds. The van der Waals surface area contributed by atoms with Gasteiger partial charge >= 0.3 is 5.97 Å². The lowest BCUT2D eigenvalue weighted by molar-refractivity contribution is -0.148. The minimum Gasteiger partial charge on any atom is -0.481 e. The summed E-state index contributed by atoms with van der Waals surface area (Å²) in [6.45, 7) is 9.73. The maximum absolute atomic E-state index is 11.1. The van der Waals surface area contributed by atoms with Gasteiger partial charge in [0.1, 0.15) is 0 Å². The monoisotopic (exact) mass is 231 g/mol. The largest absolute Gasteiger partial charge is 0.481 e. The maximum atomic E-state index is 11.1. The fraction of sp³-hybridized carbons (Fsp3) is 0.917. The van der Waals surface area contributed by atoms with Crippen LogP contribution < -0.4 is 0 Å². The Kier molecular flexibility index (Phi) is 6.60. The Morgan fingerprint density at radius 1 is 1.50 bits per heavy atom. The van der Waals surface area contributed by atoms with Gasteiger partial charge in [-0.05, 0) is 27.2 Å². The van der Waals surface area contributed by atoms with Crippen molar-refractivity contribution in [3.05, 3.63) is 0 Å². The summed E-state index contributed by atoms with van der Waals surface area (Å²) in [6, 6.07) is 0.383. The standard InChI is InChI=1S/C12H25NO3/c1-6-10(2)13(7-8-16-5)9-12(3,4)11(14)15/h10H,6-9H2,1-5H3,(H,14,15). The van der Waals surface area contributed by atoms with Crippen molar-refractivity contribution >= 4 is 5.97 Å². The molecule has 0 rings (SSSR count). The molecule has 0 aromatic rings. The summed E-state index contributed by atoms with van der Waals surface area (Å²) in [5.74, 6) is -0.752. The van der Waals surface area contributed by atoms with E-state index in [9.17, 15) is 4.79 Å². The third kappa shape index (κ3) is 4.94. The molecule has 1 atom stereocenters. The van der Waals surface area contributed by atoms with Gasteiger partial charge < -0.3 is 9.84 Å². The highest BCUT2D eigenvalue weighted by Gasteiger charge is 2.30. The molecule has 0 aliphatic heterocycles. The second-order valence-corrected chi connectivity index (χ2v) is 4.91. The molecule has 0 saturated carbocycles. The first-order chi connectivity index (χ1) is 7.35. The zero-order valence-corrected chi connectivity index (χ0v) is 11.1. The zero-order valence-electron chi connectivity index (χ0n) is 11.1. The third-order valence-electron chi connectivity index (χ3n) is 2.97. The minimum absolute atomic E-state index is 0.383. The first kappa shape index (κ1) is 15.4. The molecule has 0 spiro atoms. The zero-order chi connectivity index (χ0) is 12.8. The van der Waals surface area contributed by atoms with E-state index in [4.69, 9.17) is 9.84 Å². The first-order valence-electron chi connectivity index (χ1n) is 5.81. The summed E-state index contributed by atoms with van der Waals surface area (Å²) in [7, 11) is 1.66. The lowest BCUT2D eigenvalue weighted by Gasteiger charge is -2.33. The predicted molar refractivity (Wildman–Crippen MR) is 64.6 cm³/mol. The van der Waals surface area contributed by atoms with Crippen LogP contribution >= 0.6 is 0 Å². The van der Waals surface area contributed by atoms with E-state index in [1.54, 1.807) is 21.0 Å². The van der Waals surface area contributed by atoms with Crippen LogP contribution in [0.3, 0.4) is 0 Å². The number of hydrogen-bond acceptors (Lipinski definition) is 3. The first-order valence-corrected chi connectivity index (χ1v) is 5.81. The second-order valence-electron chi connectivity index (χ2n) is 4.91. The Balaban J connectivity index is 4.46.